The van der Waals surface area contributed by atoms with Gasteiger partial charge in [0.1, 0.15) is 12.1 Å². The van der Waals surface area contributed by atoms with Crippen LogP contribution in [0.15, 0.2) is 47.5 Å². The number of aliphatic hydroxyl groups excluding tert-OH is 1. The first kappa shape index (κ1) is 24.7. The molecular weight excluding hydrogens is 446 g/mol. The normalized spacial score (nSPS) is 19.1. The molecule has 186 valence electrons. The summed E-state index contributed by atoms with van der Waals surface area (Å²) in [6, 6.07) is 6.35. The van der Waals surface area contributed by atoms with Crippen molar-refractivity contribution >= 4 is 11.8 Å². The van der Waals surface area contributed by atoms with Crippen molar-refractivity contribution in [1.29, 1.82) is 0 Å². The number of benzene rings is 1. The number of carbonyl (C=O) groups excluding carboxylic acids is 2. The van der Waals surface area contributed by atoms with Gasteiger partial charge in [0.15, 0.2) is 12.2 Å². The molecule has 35 heavy (non-hydrogen) atoms. The van der Waals surface area contributed by atoms with Crippen molar-refractivity contribution in [2.24, 2.45) is 0 Å². The minimum atomic E-state index is -0.742. The Labute approximate surface area is 205 Å². The number of nitrogens with zero attached hydrogens (tertiary/aromatic N) is 4. The van der Waals surface area contributed by atoms with E-state index in [1.165, 1.54) is 11.3 Å². The molecule has 9 heteroatoms. The highest BCUT2D eigenvalue weighted by Gasteiger charge is 2.40. The van der Waals surface area contributed by atoms with Gasteiger partial charge in [-0.05, 0) is 30.4 Å². The number of β-amino-alcohol motifs (C(OH)–C–C–N with tert-alkyl or cyclic N) is 1. The summed E-state index contributed by atoms with van der Waals surface area (Å²) in [5.41, 5.74) is 3.58. The van der Waals surface area contributed by atoms with E-state index in [1.807, 2.05) is 37.4 Å². The van der Waals surface area contributed by atoms with Crippen LogP contribution in [0.25, 0.3) is 11.3 Å². The number of nitrogens with one attached hydrogen (secondary N) is 1. The zero-order valence-corrected chi connectivity index (χ0v) is 20.9. The molecule has 3 aromatic rings. The molecule has 3 unspecified atom stereocenters. The Kier molecular flexibility index (Phi) is 6.80. The Bertz CT molecular complexity index is 1190. The van der Waals surface area contributed by atoms with Gasteiger partial charge >= 0.3 is 0 Å². The van der Waals surface area contributed by atoms with E-state index in [0.717, 1.165) is 28.1 Å². The summed E-state index contributed by atoms with van der Waals surface area (Å²) in [7, 11) is 0. The van der Waals surface area contributed by atoms with E-state index in [2.05, 4.69) is 36.2 Å². The van der Waals surface area contributed by atoms with Crippen LogP contribution in [-0.2, 0) is 21.5 Å². The van der Waals surface area contributed by atoms with Gasteiger partial charge in [-0.1, -0.05) is 45.0 Å². The molecule has 1 aliphatic rings. The maximum absolute atomic E-state index is 13.3. The molecular formula is C26H33N5O4. The molecule has 0 bridgehead atoms. The minimum absolute atomic E-state index is 0.0842. The van der Waals surface area contributed by atoms with Gasteiger partial charge in [-0.15, -0.1) is 0 Å². The number of likely N-dealkylation sites (tertiary alicyclic amines) is 1. The lowest BCUT2D eigenvalue weighted by atomic mass is 9.90. The van der Waals surface area contributed by atoms with Crippen LogP contribution in [0.1, 0.15) is 57.0 Å². The van der Waals surface area contributed by atoms with E-state index in [0.29, 0.717) is 6.54 Å². The molecule has 0 aliphatic carbocycles. The van der Waals surface area contributed by atoms with Gasteiger partial charge in [0.2, 0.25) is 11.8 Å². The van der Waals surface area contributed by atoms with Crippen molar-refractivity contribution in [2.75, 3.05) is 6.54 Å². The molecule has 1 saturated heterocycles. The average Bonchev–Trinajstić information content (AvgIpc) is 3.56. The number of aryl methyl sites for hydroxylation is 1. The summed E-state index contributed by atoms with van der Waals surface area (Å²) in [6.07, 6.45) is 4.52. The maximum atomic E-state index is 13.3. The average molecular weight is 480 g/mol. The zero-order valence-electron chi connectivity index (χ0n) is 20.9. The molecule has 2 N–H and O–H groups in total. The number of rotatable bonds is 6. The van der Waals surface area contributed by atoms with E-state index >= 15 is 0 Å². The molecule has 2 amide bonds. The van der Waals surface area contributed by atoms with Crippen LogP contribution < -0.4 is 5.32 Å². The molecule has 4 rings (SSSR count). The van der Waals surface area contributed by atoms with E-state index in [-0.39, 0.29) is 30.2 Å². The fourth-order valence-corrected chi connectivity index (χ4v) is 4.26. The van der Waals surface area contributed by atoms with Gasteiger partial charge in [-0.3, -0.25) is 14.3 Å². The van der Waals surface area contributed by atoms with Crippen molar-refractivity contribution in [1.82, 2.24) is 25.0 Å². The number of carbonyl (C=O) groups is 2. The van der Waals surface area contributed by atoms with Gasteiger partial charge < -0.3 is 19.7 Å². The van der Waals surface area contributed by atoms with Crippen LogP contribution in [0.2, 0.25) is 0 Å². The predicted molar refractivity (Wildman–Crippen MR) is 130 cm³/mol. The number of amides is 2. The largest absolute Gasteiger partial charge is 0.443 e. The number of hydrogen-bond donors (Lipinski definition) is 2. The van der Waals surface area contributed by atoms with Gasteiger partial charge in [-0.2, -0.15) is 5.10 Å². The first-order valence-corrected chi connectivity index (χ1v) is 11.8. The monoisotopic (exact) mass is 479 g/mol. The molecule has 0 radical (unpaired) electrons. The predicted octanol–water partition coefficient (Wildman–Crippen LogP) is 2.98. The summed E-state index contributed by atoms with van der Waals surface area (Å²) < 4.78 is 7.05. The quantitative estimate of drug-likeness (QED) is 0.562. The van der Waals surface area contributed by atoms with Gasteiger partial charge in [-0.25, -0.2) is 4.98 Å². The maximum Gasteiger partial charge on any atom is 0.247 e. The summed E-state index contributed by atoms with van der Waals surface area (Å²) in [4.78, 5) is 31.9. The molecule has 3 heterocycles. The number of hydrogen-bond acceptors (Lipinski definition) is 6. The van der Waals surface area contributed by atoms with Crippen LogP contribution in [0.4, 0.5) is 0 Å². The highest BCUT2D eigenvalue weighted by atomic mass is 16.3. The van der Waals surface area contributed by atoms with E-state index < -0.39 is 18.2 Å². The summed E-state index contributed by atoms with van der Waals surface area (Å²) in [6.45, 7) is 10.3. The number of oxazole rings is 1. The summed E-state index contributed by atoms with van der Waals surface area (Å²) >= 11 is 0. The molecule has 1 fully saturated rings. The smallest absolute Gasteiger partial charge is 0.247 e. The van der Waals surface area contributed by atoms with Crippen molar-refractivity contribution < 1.29 is 19.1 Å². The molecule has 2 aromatic heterocycles. The second kappa shape index (κ2) is 9.65. The Morgan fingerprint density at radius 1 is 1.26 bits per heavy atom. The Morgan fingerprint density at radius 2 is 1.97 bits per heavy atom. The highest BCUT2D eigenvalue weighted by molar-refractivity contribution is 5.89. The van der Waals surface area contributed by atoms with E-state index in [1.54, 1.807) is 17.8 Å². The fraction of sp³-hybridized carbons (Fsp3) is 0.462. The first-order valence-electron chi connectivity index (χ1n) is 11.8. The number of aliphatic hydroxyl groups is 1. The lowest BCUT2D eigenvalue weighted by Crippen LogP contribution is -2.47. The van der Waals surface area contributed by atoms with E-state index in [4.69, 9.17) is 4.42 Å². The topological polar surface area (TPSA) is 113 Å². The standard InChI is InChI=1S/C26H33N5O4/c1-16-23(35-15-28-16)19-8-6-18(7-9-19)11-27-24(33)22-10-21(32)14-30(22)25(34)17(2)31-13-20(12-29-31)26(3,4)5/h6-9,12-13,15,17,21-22,32H,10-11,14H2,1-5H3,(H,27,33). The van der Waals surface area contributed by atoms with Crippen molar-refractivity contribution in [3.63, 3.8) is 0 Å². The molecule has 0 spiro atoms. The molecule has 3 atom stereocenters. The SMILES string of the molecule is Cc1ncoc1-c1ccc(CNC(=O)C2CC(O)CN2C(=O)C(C)n2cc(C(C)(C)C)cn2)cc1. The third kappa shape index (κ3) is 5.30. The summed E-state index contributed by atoms with van der Waals surface area (Å²) in [5.74, 6) is 0.195. The Balaban J connectivity index is 1.40. The van der Waals surface area contributed by atoms with Crippen LogP contribution in [0.5, 0.6) is 0 Å². The number of aromatic nitrogens is 3. The molecule has 9 nitrogen and oxygen atoms in total. The minimum Gasteiger partial charge on any atom is -0.443 e. The highest BCUT2D eigenvalue weighted by Crippen LogP contribution is 2.26. The Morgan fingerprint density at radius 3 is 2.57 bits per heavy atom. The molecule has 1 aliphatic heterocycles. The zero-order chi connectivity index (χ0) is 25.3. The first-order chi connectivity index (χ1) is 16.5. The van der Waals surface area contributed by atoms with Crippen LogP contribution in [-0.4, -0.2) is 55.3 Å². The van der Waals surface area contributed by atoms with Crippen molar-refractivity contribution in [2.45, 2.75) is 71.2 Å². The van der Waals surface area contributed by atoms with Crippen molar-refractivity contribution in [3.8, 4) is 11.3 Å². The van der Waals surface area contributed by atoms with Crippen LogP contribution >= 0.6 is 0 Å². The lowest BCUT2D eigenvalue weighted by Gasteiger charge is -2.26. The molecule has 0 saturated carbocycles. The molecule has 1 aromatic carbocycles. The summed E-state index contributed by atoms with van der Waals surface area (Å²) in [5, 5.41) is 17.5. The lowest BCUT2D eigenvalue weighted by molar-refractivity contribution is -0.141. The van der Waals surface area contributed by atoms with Gasteiger partial charge in [0, 0.05) is 31.3 Å². The van der Waals surface area contributed by atoms with Gasteiger partial charge in [0.25, 0.3) is 0 Å². The Hall–Kier alpha value is -3.46. The third-order valence-corrected chi connectivity index (χ3v) is 6.51. The third-order valence-electron chi connectivity index (χ3n) is 6.51. The van der Waals surface area contributed by atoms with Gasteiger partial charge in [0.05, 0.1) is 18.0 Å². The van der Waals surface area contributed by atoms with E-state index in [9.17, 15) is 14.7 Å². The second-order valence-electron chi connectivity index (χ2n) is 10.2. The van der Waals surface area contributed by atoms with Crippen molar-refractivity contribution in [3.05, 3.63) is 59.9 Å². The fourth-order valence-electron chi connectivity index (χ4n) is 4.26. The second-order valence-corrected chi connectivity index (χ2v) is 10.2. The van der Waals surface area contributed by atoms with Crippen LogP contribution in [0, 0.1) is 6.92 Å². The van der Waals surface area contributed by atoms with Crippen LogP contribution in [0.3, 0.4) is 0 Å².